The number of hydrogen-bond acceptors (Lipinski definition) is 2. The maximum absolute atomic E-state index is 12.2. The molecule has 0 aromatic rings. The maximum Gasteiger partial charge on any atom is 0.226 e. The molecular formula is C22H44N2O. The molecule has 0 radical (unpaired) electrons. The first-order chi connectivity index (χ1) is 11.7. The van der Waals surface area contributed by atoms with Gasteiger partial charge in [-0.2, -0.15) is 0 Å². The van der Waals surface area contributed by atoms with Crippen LogP contribution in [0.1, 0.15) is 87.0 Å². The van der Waals surface area contributed by atoms with Gasteiger partial charge in [0.1, 0.15) is 0 Å². The molecule has 0 aliphatic rings. The summed E-state index contributed by atoms with van der Waals surface area (Å²) in [5, 5.41) is 5.86. The number of allylic oxidation sites excluding steroid dienone is 4. The Balaban J connectivity index is 0. The Morgan fingerprint density at radius 2 is 1.64 bits per heavy atom. The zero-order valence-corrected chi connectivity index (χ0v) is 18.2. The zero-order valence-electron chi connectivity index (χ0n) is 18.2. The first-order valence-electron chi connectivity index (χ1n) is 10.0. The summed E-state index contributed by atoms with van der Waals surface area (Å²) in [7, 11) is 1.83. The van der Waals surface area contributed by atoms with E-state index in [0.29, 0.717) is 6.67 Å². The van der Waals surface area contributed by atoms with Gasteiger partial charge in [0.25, 0.3) is 0 Å². The number of carbonyl (C=O) groups excluding carboxylic acids is 1. The van der Waals surface area contributed by atoms with E-state index in [-0.39, 0.29) is 16.7 Å². The van der Waals surface area contributed by atoms with Crippen LogP contribution in [0.25, 0.3) is 0 Å². The molecule has 0 rings (SSSR count). The molecule has 0 aromatic carbocycles. The summed E-state index contributed by atoms with van der Waals surface area (Å²) in [6, 6.07) is 0. The number of rotatable bonds is 12. The summed E-state index contributed by atoms with van der Waals surface area (Å²) < 4.78 is 0. The molecule has 0 saturated heterocycles. The molecule has 1 amide bonds. The molecule has 0 saturated carbocycles. The smallest absolute Gasteiger partial charge is 0.226 e. The van der Waals surface area contributed by atoms with Crippen molar-refractivity contribution in [1.82, 2.24) is 10.6 Å². The van der Waals surface area contributed by atoms with Crippen molar-refractivity contribution >= 4 is 5.91 Å². The van der Waals surface area contributed by atoms with Crippen LogP contribution in [0.15, 0.2) is 24.3 Å². The van der Waals surface area contributed by atoms with Gasteiger partial charge in [-0.25, -0.2) is 0 Å². The van der Waals surface area contributed by atoms with Crippen LogP contribution < -0.4 is 10.6 Å². The number of unbranched alkanes of at least 4 members (excludes halogenated alkanes) is 3. The largest absolute Gasteiger partial charge is 0.343 e. The average Bonchev–Trinajstić information content (AvgIpc) is 2.55. The molecule has 0 unspecified atom stereocenters. The van der Waals surface area contributed by atoms with E-state index >= 15 is 0 Å². The van der Waals surface area contributed by atoms with Crippen LogP contribution in [0.3, 0.4) is 0 Å². The van der Waals surface area contributed by atoms with Crippen LogP contribution in [0.4, 0.5) is 0 Å². The molecule has 25 heavy (non-hydrogen) atoms. The Kier molecular flexibility index (Phi) is 15.9. The summed E-state index contributed by atoms with van der Waals surface area (Å²) >= 11 is 0. The molecule has 3 nitrogen and oxygen atoms in total. The fraction of sp³-hybridized carbons (Fsp3) is 0.773. The predicted octanol–water partition coefficient (Wildman–Crippen LogP) is 5.83. The Labute approximate surface area is 157 Å². The summed E-state index contributed by atoms with van der Waals surface area (Å²) in [6.45, 7) is 15.2. The molecule has 2 N–H and O–H groups in total. The molecular weight excluding hydrogens is 308 g/mol. The van der Waals surface area contributed by atoms with Gasteiger partial charge in [-0.15, -0.1) is 0 Å². The highest BCUT2D eigenvalue weighted by Crippen LogP contribution is 2.35. The molecule has 0 aliphatic carbocycles. The third kappa shape index (κ3) is 14.9. The summed E-state index contributed by atoms with van der Waals surface area (Å²) in [5.74, 6) is 0.101. The number of carbonyl (C=O) groups is 1. The molecule has 0 bridgehead atoms. The molecule has 0 spiro atoms. The standard InChI is InChI=1S/C20H38N2O.C2H6/c1-7-8-9-10-11-12-13-14-15-19(2,3)16-20(4,5)18(23)22-17-21-6;1-2/h11-12,14-15,21H,7-10,13,16-17H2,1-6H3,(H,22,23);1-2H3/b12-11-,15-14-;. The van der Waals surface area contributed by atoms with Crippen molar-refractivity contribution in [2.24, 2.45) is 10.8 Å². The van der Waals surface area contributed by atoms with Gasteiger partial charge in [0, 0.05) is 5.41 Å². The van der Waals surface area contributed by atoms with Crippen molar-refractivity contribution in [2.45, 2.75) is 87.0 Å². The quantitative estimate of drug-likeness (QED) is 0.263. The Morgan fingerprint density at radius 1 is 1.00 bits per heavy atom. The molecule has 0 atom stereocenters. The fourth-order valence-electron chi connectivity index (χ4n) is 2.88. The second kappa shape index (κ2) is 15.2. The lowest BCUT2D eigenvalue weighted by molar-refractivity contribution is -0.130. The topological polar surface area (TPSA) is 41.1 Å². The van der Waals surface area contributed by atoms with E-state index in [4.69, 9.17) is 0 Å². The third-order valence-electron chi connectivity index (χ3n) is 3.92. The predicted molar refractivity (Wildman–Crippen MR) is 113 cm³/mol. The van der Waals surface area contributed by atoms with Crippen molar-refractivity contribution in [3.63, 3.8) is 0 Å². The fourth-order valence-corrected chi connectivity index (χ4v) is 2.88. The second-order valence-electron chi connectivity index (χ2n) is 7.69. The maximum atomic E-state index is 12.2. The zero-order chi connectivity index (χ0) is 19.8. The van der Waals surface area contributed by atoms with E-state index < -0.39 is 0 Å². The lowest BCUT2D eigenvalue weighted by atomic mass is 9.74. The van der Waals surface area contributed by atoms with Gasteiger partial charge >= 0.3 is 0 Å². The third-order valence-corrected chi connectivity index (χ3v) is 3.92. The van der Waals surface area contributed by atoms with Crippen molar-refractivity contribution in [3.05, 3.63) is 24.3 Å². The van der Waals surface area contributed by atoms with E-state index in [1.54, 1.807) is 0 Å². The van der Waals surface area contributed by atoms with Crippen LogP contribution in [0.5, 0.6) is 0 Å². The monoisotopic (exact) mass is 352 g/mol. The molecule has 0 heterocycles. The number of hydrogen-bond donors (Lipinski definition) is 2. The van der Waals surface area contributed by atoms with E-state index in [2.05, 4.69) is 55.7 Å². The first kappa shape index (κ1) is 26.1. The van der Waals surface area contributed by atoms with E-state index in [1.165, 1.54) is 25.7 Å². The minimum Gasteiger partial charge on any atom is -0.343 e. The summed E-state index contributed by atoms with van der Waals surface area (Å²) in [4.78, 5) is 12.2. The number of nitrogens with one attached hydrogen (secondary N) is 2. The average molecular weight is 353 g/mol. The summed E-state index contributed by atoms with van der Waals surface area (Å²) in [5.41, 5.74) is -0.364. The van der Waals surface area contributed by atoms with Crippen molar-refractivity contribution in [1.29, 1.82) is 0 Å². The van der Waals surface area contributed by atoms with Crippen molar-refractivity contribution < 1.29 is 4.79 Å². The molecule has 0 aromatic heterocycles. The van der Waals surface area contributed by atoms with Gasteiger partial charge in [-0.05, 0) is 38.1 Å². The van der Waals surface area contributed by atoms with Crippen LogP contribution in [-0.4, -0.2) is 19.6 Å². The highest BCUT2D eigenvalue weighted by atomic mass is 16.2. The van der Waals surface area contributed by atoms with E-state index in [9.17, 15) is 4.79 Å². The van der Waals surface area contributed by atoms with Gasteiger partial charge in [-0.3, -0.25) is 4.79 Å². The molecule has 0 fully saturated rings. The van der Waals surface area contributed by atoms with Gasteiger partial charge in [0.15, 0.2) is 0 Å². The van der Waals surface area contributed by atoms with Gasteiger partial charge in [-0.1, -0.05) is 85.6 Å². The van der Waals surface area contributed by atoms with Gasteiger partial charge in [0.05, 0.1) is 6.67 Å². The Hall–Kier alpha value is -1.09. The molecule has 0 aliphatic heterocycles. The van der Waals surface area contributed by atoms with E-state index in [0.717, 1.165) is 12.8 Å². The highest BCUT2D eigenvalue weighted by Gasteiger charge is 2.33. The SMILES string of the molecule is CC.CCCCC/C=C\C/C=C\C(C)(C)CC(C)(C)C(=O)NCNC. The van der Waals surface area contributed by atoms with Gasteiger partial charge < -0.3 is 10.6 Å². The van der Waals surface area contributed by atoms with Crippen LogP contribution in [0.2, 0.25) is 0 Å². The lowest BCUT2D eigenvalue weighted by Gasteiger charge is -2.32. The molecule has 148 valence electrons. The highest BCUT2D eigenvalue weighted by molar-refractivity contribution is 5.81. The number of amides is 1. The van der Waals surface area contributed by atoms with Crippen LogP contribution in [-0.2, 0) is 4.79 Å². The minimum atomic E-state index is -0.374. The van der Waals surface area contributed by atoms with Crippen molar-refractivity contribution in [2.75, 3.05) is 13.7 Å². The van der Waals surface area contributed by atoms with Crippen LogP contribution in [0, 0.1) is 10.8 Å². The molecule has 3 heteroatoms. The van der Waals surface area contributed by atoms with E-state index in [1.807, 2.05) is 34.7 Å². The van der Waals surface area contributed by atoms with Gasteiger partial charge in [0.2, 0.25) is 5.91 Å². The Morgan fingerprint density at radius 3 is 2.20 bits per heavy atom. The second-order valence-corrected chi connectivity index (χ2v) is 7.69. The normalized spacial score (nSPS) is 12.3. The minimum absolute atomic E-state index is 0.0105. The Bertz CT molecular complexity index is 381. The lowest BCUT2D eigenvalue weighted by Crippen LogP contribution is -2.42. The van der Waals surface area contributed by atoms with Crippen molar-refractivity contribution in [3.8, 4) is 0 Å². The summed E-state index contributed by atoms with van der Waals surface area (Å²) in [6.07, 6.45) is 15.9. The first-order valence-corrected chi connectivity index (χ1v) is 10.0. The van der Waals surface area contributed by atoms with Crippen LogP contribution >= 0.6 is 0 Å².